The second-order valence-corrected chi connectivity index (χ2v) is 5.66. The largest absolute Gasteiger partial charge is 0.431 e. The predicted octanol–water partition coefficient (Wildman–Crippen LogP) is 0.101. The van der Waals surface area contributed by atoms with Gasteiger partial charge in [-0.3, -0.25) is 19.7 Å². The Morgan fingerprint density at radius 1 is 1.25 bits per heavy atom. The van der Waals surface area contributed by atoms with Crippen molar-refractivity contribution in [2.24, 2.45) is 0 Å². The second kappa shape index (κ2) is 6.79. The lowest BCUT2D eigenvalue weighted by Gasteiger charge is -2.13. The Balaban J connectivity index is 1.60. The Bertz CT molecular complexity index is 670. The van der Waals surface area contributed by atoms with E-state index in [0.717, 1.165) is 13.0 Å². The van der Waals surface area contributed by atoms with Crippen LogP contribution in [-0.4, -0.2) is 47.8 Å². The van der Waals surface area contributed by atoms with Gasteiger partial charge in [0.25, 0.3) is 5.91 Å². The molecule has 2 atom stereocenters. The van der Waals surface area contributed by atoms with Crippen molar-refractivity contribution in [1.82, 2.24) is 15.5 Å². The molecular weight excluding hydrogens is 314 g/mol. The normalized spacial score (nSPS) is 23.2. The fraction of sp³-hybridized carbons (Fsp3) is 0.375. The van der Waals surface area contributed by atoms with E-state index in [4.69, 9.17) is 4.74 Å². The number of cyclic esters (lactones) is 1. The molecule has 0 saturated carbocycles. The van der Waals surface area contributed by atoms with Gasteiger partial charge in [0.15, 0.2) is 0 Å². The number of benzene rings is 1. The summed E-state index contributed by atoms with van der Waals surface area (Å²) in [7, 11) is 0. The summed E-state index contributed by atoms with van der Waals surface area (Å²) in [6.07, 6.45) is -0.434. The Labute approximate surface area is 138 Å². The van der Waals surface area contributed by atoms with E-state index < -0.39 is 42.5 Å². The van der Waals surface area contributed by atoms with Crippen LogP contribution in [0.1, 0.15) is 24.5 Å². The Hall–Kier alpha value is -2.74. The van der Waals surface area contributed by atoms with Crippen LogP contribution in [-0.2, 0) is 19.1 Å². The number of rotatable bonds is 4. The van der Waals surface area contributed by atoms with Gasteiger partial charge >= 0.3 is 6.09 Å². The molecule has 24 heavy (non-hydrogen) atoms. The van der Waals surface area contributed by atoms with E-state index in [1.54, 1.807) is 30.3 Å². The first-order valence-electron chi connectivity index (χ1n) is 7.70. The summed E-state index contributed by atoms with van der Waals surface area (Å²) in [5, 5.41) is 5.17. The molecule has 2 aliphatic rings. The number of imide groups is 2. The van der Waals surface area contributed by atoms with E-state index >= 15 is 0 Å². The summed E-state index contributed by atoms with van der Waals surface area (Å²) in [5.74, 6) is -1.78. The van der Waals surface area contributed by atoms with E-state index in [1.165, 1.54) is 0 Å². The van der Waals surface area contributed by atoms with Crippen molar-refractivity contribution in [2.75, 3.05) is 13.1 Å². The topological polar surface area (TPSA) is 105 Å². The number of carbonyl (C=O) groups excluding carboxylic acids is 4. The SMILES string of the molecule is O=C(CN1C(=O)OC(c2ccccc2)C1=O)NC(=O)C1CCCN1. The van der Waals surface area contributed by atoms with E-state index in [-0.39, 0.29) is 0 Å². The van der Waals surface area contributed by atoms with Gasteiger partial charge in [-0.15, -0.1) is 0 Å². The van der Waals surface area contributed by atoms with Crippen molar-refractivity contribution in [3.8, 4) is 0 Å². The molecule has 3 rings (SSSR count). The predicted molar refractivity (Wildman–Crippen MR) is 81.6 cm³/mol. The molecule has 1 aromatic rings. The van der Waals surface area contributed by atoms with Gasteiger partial charge in [-0.25, -0.2) is 9.69 Å². The quantitative estimate of drug-likeness (QED) is 0.811. The molecule has 8 heteroatoms. The molecule has 2 heterocycles. The monoisotopic (exact) mass is 331 g/mol. The number of hydrogen-bond donors (Lipinski definition) is 2. The first-order valence-corrected chi connectivity index (χ1v) is 7.70. The maximum Gasteiger partial charge on any atom is 0.418 e. The highest BCUT2D eigenvalue weighted by Crippen LogP contribution is 2.27. The van der Waals surface area contributed by atoms with Gasteiger partial charge in [-0.05, 0) is 19.4 Å². The maximum absolute atomic E-state index is 12.3. The first kappa shape index (κ1) is 16.1. The van der Waals surface area contributed by atoms with Crippen molar-refractivity contribution < 1.29 is 23.9 Å². The first-order chi connectivity index (χ1) is 11.6. The van der Waals surface area contributed by atoms with Gasteiger partial charge < -0.3 is 10.1 Å². The summed E-state index contributed by atoms with van der Waals surface area (Å²) in [6, 6.07) is 8.13. The van der Waals surface area contributed by atoms with E-state index in [2.05, 4.69) is 10.6 Å². The number of carbonyl (C=O) groups is 4. The minimum atomic E-state index is -1.06. The van der Waals surface area contributed by atoms with Crippen molar-refractivity contribution in [3.05, 3.63) is 35.9 Å². The lowest BCUT2D eigenvalue weighted by atomic mass is 10.1. The van der Waals surface area contributed by atoms with Crippen molar-refractivity contribution in [3.63, 3.8) is 0 Å². The third-order valence-electron chi connectivity index (χ3n) is 3.97. The van der Waals surface area contributed by atoms with Gasteiger partial charge in [-0.1, -0.05) is 30.3 Å². The average Bonchev–Trinajstić information content (AvgIpc) is 3.20. The molecule has 2 unspecified atom stereocenters. The summed E-state index contributed by atoms with van der Waals surface area (Å²) >= 11 is 0. The van der Waals surface area contributed by atoms with E-state index in [0.29, 0.717) is 16.9 Å². The number of nitrogens with zero attached hydrogens (tertiary/aromatic N) is 1. The van der Waals surface area contributed by atoms with Gasteiger partial charge in [0.1, 0.15) is 6.54 Å². The minimum absolute atomic E-state index is 0.410. The van der Waals surface area contributed by atoms with E-state index in [9.17, 15) is 19.2 Å². The number of nitrogens with one attached hydrogen (secondary N) is 2. The minimum Gasteiger partial charge on any atom is -0.431 e. The Kier molecular flexibility index (Phi) is 4.57. The summed E-state index contributed by atoms with van der Waals surface area (Å²) in [4.78, 5) is 48.7. The molecule has 0 aliphatic carbocycles. The highest BCUT2D eigenvalue weighted by atomic mass is 16.6. The maximum atomic E-state index is 12.3. The molecule has 0 bridgehead atoms. The third-order valence-corrected chi connectivity index (χ3v) is 3.97. The molecule has 0 spiro atoms. The van der Waals surface area contributed by atoms with Crippen LogP contribution in [0.2, 0.25) is 0 Å². The summed E-state index contributed by atoms with van der Waals surface area (Å²) in [6.45, 7) is 0.182. The molecule has 1 aromatic carbocycles. The van der Waals surface area contributed by atoms with Crippen LogP contribution in [0.15, 0.2) is 30.3 Å². The lowest BCUT2D eigenvalue weighted by Crippen LogP contribution is -2.47. The van der Waals surface area contributed by atoms with E-state index in [1.807, 2.05) is 0 Å². The zero-order valence-corrected chi connectivity index (χ0v) is 12.9. The number of ether oxygens (including phenoxy) is 1. The molecular formula is C16H17N3O5. The molecule has 2 aliphatic heterocycles. The van der Waals surface area contributed by atoms with Gasteiger partial charge in [0.2, 0.25) is 17.9 Å². The molecule has 2 fully saturated rings. The fourth-order valence-electron chi connectivity index (χ4n) is 2.74. The standard InChI is InChI=1S/C16H17N3O5/c20-12(18-14(21)11-7-4-8-17-11)9-19-15(22)13(24-16(19)23)10-5-2-1-3-6-10/h1-3,5-6,11,13,17H,4,7-9H2,(H,18,20,21). The molecule has 0 aromatic heterocycles. The van der Waals surface area contributed by atoms with Crippen molar-refractivity contribution in [2.45, 2.75) is 25.0 Å². The number of hydrogen-bond acceptors (Lipinski definition) is 6. The van der Waals surface area contributed by atoms with Crippen LogP contribution in [0.3, 0.4) is 0 Å². The molecule has 8 nitrogen and oxygen atoms in total. The molecule has 2 saturated heterocycles. The highest BCUT2D eigenvalue weighted by Gasteiger charge is 2.42. The van der Waals surface area contributed by atoms with Crippen LogP contribution in [0, 0.1) is 0 Å². The van der Waals surface area contributed by atoms with Crippen LogP contribution < -0.4 is 10.6 Å². The van der Waals surface area contributed by atoms with Gasteiger partial charge in [0.05, 0.1) is 6.04 Å². The third kappa shape index (κ3) is 3.28. The van der Waals surface area contributed by atoms with Gasteiger partial charge in [-0.2, -0.15) is 0 Å². The molecule has 126 valence electrons. The Morgan fingerprint density at radius 2 is 2.00 bits per heavy atom. The average molecular weight is 331 g/mol. The summed E-state index contributed by atoms with van der Waals surface area (Å²) < 4.78 is 5.04. The van der Waals surface area contributed by atoms with Crippen LogP contribution in [0.25, 0.3) is 0 Å². The summed E-state index contributed by atoms with van der Waals surface area (Å²) in [5.41, 5.74) is 0.532. The molecule has 4 amide bonds. The second-order valence-electron chi connectivity index (χ2n) is 5.66. The fourth-order valence-corrected chi connectivity index (χ4v) is 2.74. The molecule has 2 N–H and O–H groups in total. The number of amides is 4. The van der Waals surface area contributed by atoms with Crippen LogP contribution >= 0.6 is 0 Å². The zero-order chi connectivity index (χ0) is 17.1. The Morgan fingerprint density at radius 3 is 2.67 bits per heavy atom. The van der Waals surface area contributed by atoms with Crippen LogP contribution in [0.5, 0.6) is 0 Å². The molecule has 0 radical (unpaired) electrons. The van der Waals surface area contributed by atoms with Crippen molar-refractivity contribution in [1.29, 1.82) is 0 Å². The van der Waals surface area contributed by atoms with Gasteiger partial charge in [0, 0.05) is 5.56 Å². The van der Waals surface area contributed by atoms with Crippen molar-refractivity contribution >= 4 is 23.8 Å². The van der Waals surface area contributed by atoms with Crippen LogP contribution in [0.4, 0.5) is 4.79 Å². The highest BCUT2D eigenvalue weighted by molar-refractivity contribution is 6.05. The zero-order valence-electron chi connectivity index (χ0n) is 12.9. The lowest BCUT2D eigenvalue weighted by molar-refractivity contribution is -0.136. The smallest absolute Gasteiger partial charge is 0.418 e.